The second kappa shape index (κ2) is 8.20. The molecule has 1 N–H and O–H groups in total. The molecule has 4 rings (SSSR count). The van der Waals surface area contributed by atoms with Crippen molar-refractivity contribution >= 4 is 37.2 Å². The minimum absolute atomic E-state index is 0.206. The Morgan fingerprint density at radius 3 is 2.63 bits per heavy atom. The second-order valence-corrected chi connectivity index (χ2v) is 10.3. The number of nitrogens with one attached hydrogen (secondary N) is 1. The largest absolute Gasteiger partial charge is 0.455 e. The predicted molar refractivity (Wildman–Crippen MR) is 116 cm³/mol. The molecule has 1 fully saturated rings. The summed E-state index contributed by atoms with van der Waals surface area (Å²) in [5.41, 5.74) is 0. The molecule has 2 aromatic carbocycles. The number of para-hydroxylation sites is 1. The quantitative estimate of drug-likeness (QED) is 0.562. The van der Waals surface area contributed by atoms with Gasteiger partial charge in [-0.2, -0.15) is 0 Å². The molecule has 0 bridgehead atoms. The number of rotatable bonds is 7. The smallest absolute Gasteiger partial charge is 0.265 e. The van der Waals surface area contributed by atoms with E-state index < -0.39 is 21.7 Å². The van der Waals surface area contributed by atoms with Gasteiger partial charge in [0.1, 0.15) is 16.4 Å². The molecular formula is C22H20FNO4S2. The van der Waals surface area contributed by atoms with Crippen LogP contribution in [-0.4, -0.2) is 26.6 Å². The Labute approximate surface area is 178 Å². The Morgan fingerprint density at radius 1 is 1.23 bits per heavy atom. The Kier molecular flexibility index (Phi) is 5.62. The van der Waals surface area contributed by atoms with Gasteiger partial charge in [-0.1, -0.05) is 24.3 Å². The van der Waals surface area contributed by atoms with Crippen molar-refractivity contribution in [1.29, 1.82) is 0 Å². The highest BCUT2D eigenvalue weighted by molar-refractivity contribution is 7.93. The number of carbonyl (C=O) groups excluding carboxylic acids is 1. The number of hydrogen-bond donors (Lipinski definition) is 1. The average molecular weight is 446 g/mol. The van der Waals surface area contributed by atoms with E-state index in [1.807, 2.05) is 18.2 Å². The van der Waals surface area contributed by atoms with Crippen molar-refractivity contribution in [1.82, 2.24) is 5.32 Å². The molecule has 0 aliphatic heterocycles. The van der Waals surface area contributed by atoms with Crippen molar-refractivity contribution in [2.45, 2.75) is 18.9 Å². The highest BCUT2D eigenvalue weighted by Crippen LogP contribution is 2.41. The molecule has 1 aliphatic rings. The van der Waals surface area contributed by atoms with Gasteiger partial charge in [-0.3, -0.25) is 4.79 Å². The molecule has 156 valence electrons. The number of amides is 1. The molecule has 0 radical (unpaired) electrons. The Morgan fingerprint density at radius 2 is 1.97 bits per heavy atom. The summed E-state index contributed by atoms with van der Waals surface area (Å²) < 4.78 is 43.3. The Balaban J connectivity index is 1.69. The first kappa shape index (κ1) is 20.6. The fourth-order valence-electron chi connectivity index (χ4n) is 3.13. The minimum atomic E-state index is -3.30. The third kappa shape index (κ3) is 4.88. The van der Waals surface area contributed by atoms with Crippen LogP contribution >= 0.6 is 11.3 Å². The first-order valence-electron chi connectivity index (χ1n) is 9.44. The summed E-state index contributed by atoms with van der Waals surface area (Å²) >= 11 is 1.14. The molecule has 0 unspecified atom stereocenters. The molecule has 0 saturated heterocycles. The topological polar surface area (TPSA) is 72.5 Å². The van der Waals surface area contributed by atoms with E-state index in [4.69, 9.17) is 4.74 Å². The molecule has 1 atom stereocenters. The fourth-order valence-corrected chi connectivity index (χ4v) is 4.64. The molecule has 1 amide bonds. The third-order valence-corrected chi connectivity index (χ3v) is 6.52. The van der Waals surface area contributed by atoms with Crippen molar-refractivity contribution in [3.63, 3.8) is 0 Å². The Hall–Kier alpha value is -2.71. The Bertz CT molecular complexity index is 1210. The van der Waals surface area contributed by atoms with Crippen LogP contribution in [0.5, 0.6) is 11.5 Å². The van der Waals surface area contributed by atoms with E-state index in [-0.39, 0.29) is 11.8 Å². The molecular weight excluding hydrogens is 425 g/mol. The summed E-state index contributed by atoms with van der Waals surface area (Å²) in [5, 5.41) is 4.68. The maximum Gasteiger partial charge on any atom is 0.265 e. The summed E-state index contributed by atoms with van der Waals surface area (Å²) in [5.74, 6) is 0.357. The predicted octanol–water partition coefficient (Wildman–Crippen LogP) is 4.90. The van der Waals surface area contributed by atoms with Gasteiger partial charge in [0.2, 0.25) is 0 Å². The number of benzene rings is 2. The lowest BCUT2D eigenvalue weighted by Crippen LogP contribution is -2.34. The van der Waals surface area contributed by atoms with Crippen LogP contribution in [0.4, 0.5) is 4.39 Å². The lowest BCUT2D eigenvalue weighted by Gasteiger charge is -2.14. The highest BCUT2D eigenvalue weighted by atomic mass is 32.2. The van der Waals surface area contributed by atoms with E-state index in [0.717, 1.165) is 35.8 Å². The maximum atomic E-state index is 13.7. The normalized spacial score (nSPS) is 15.4. The van der Waals surface area contributed by atoms with Gasteiger partial charge < -0.3 is 10.1 Å². The van der Waals surface area contributed by atoms with Gasteiger partial charge in [-0.05, 0) is 49.1 Å². The van der Waals surface area contributed by atoms with Gasteiger partial charge in [0.05, 0.1) is 6.04 Å². The number of halogens is 1. The number of hydrogen-bond acceptors (Lipinski definition) is 5. The van der Waals surface area contributed by atoms with Crippen LogP contribution in [0.15, 0.2) is 60.0 Å². The molecule has 30 heavy (non-hydrogen) atoms. The zero-order chi connectivity index (χ0) is 21.3. The lowest BCUT2D eigenvalue weighted by molar-refractivity contribution is 0.0943. The van der Waals surface area contributed by atoms with Crippen molar-refractivity contribution < 1.29 is 22.3 Å². The van der Waals surface area contributed by atoms with E-state index >= 15 is 0 Å². The molecule has 1 saturated carbocycles. The number of ether oxygens (including phenoxy) is 1. The van der Waals surface area contributed by atoms with Crippen molar-refractivity contribution in [3.8, 4) is 11.5 Å². The van der Waals surface area contributed by atoms with Crippen LogP contribution in [0, 0.1) is 11.7 Å². The van der Waals surface area contributed by atoms with Crippen molar-refractivity contribution in [2.75, 3.05) is 6.26 Å². The fraction of sp³-hybridized carbons (Fsp3) is 0.227. The molecule has 1 aliphatic carbocycles. The first-order valence-corrected chi connectivity index (χ1v) is 12.2. The van der Waals surface area contributed by atoms with Crippen molar-refractivity contribution in [2.24, 2.45) is 5.92 Å². The monoisotopic (exact) mass is 445 g/mol. The van der Waals surface area contributed by atoms with Gasteiger partial charge in [0.15, 0.2) is 15.6 Å². The molecule has 1 heterocycles. The molecule has 5 nitrogen and oxygen atoms in total. The standard InChI is InChI=1S/C22H20FNO4S2/c1-30(26,27)12-11-18(14-7-8-14)24-22(25)21-20(28-16-5-3-2-4-6-16)17-10-9-15(23)13-19(17)29-21/h2-6,9-14,18H,7-8H2,1H3,(H,24,25)/b12-11+/t18-/m1/s1. The number of thiophene rings is 1. The van der Waals surface area contributed by atoms with Crippen molar-refractivity contribution in [3.05, 3.63) is 70.7 Å². The van der Waals surface area contributed by atoms with Crippen LogP contribution in [0.3, 0.4) is 0 Å². The summed E-state index contributed by atoms with van der Waals surface area (Å²) in [6.07, 6.45) is 4.48. The van der Waals surface area contributed by atoms with Crippen LogP contribution < -0.4 is 10.1 Å². The second-order valence-electron chi connectivity index (χ2n) is 7.31. The van der Waals surface area contributed by atoms with Crippen LogP contribution in [-0.2, 0) is 9.84 Å². The first-order chi connectivity index (χ1) is 14.3. The highest BCUT2D eigenvalue weighted by Gasteiger charge is 2.32. The lowest BCUT2D eigenvalue weighted by atomic mass is 10.1. The van der Waals surface area contributed by atoms with E-state index in [1.165, 1.54) is 18.2 Å². The zero-order valence-corrected chi connectivity index (χ0v) is 17.8. The van der Waals surface area contributed by atoms with E-state index in [0.29, 0.717) is 26.5 Å². The van der Waals surface area contributed by atoms with Gasteiger partial charge >= 0.3 is 0 Å². The number of sulfone groups is 1. The summed E-state index contributed by atoms with van der Waals surface area (Å²) in [7, 11) is -3.30. The van der Waals surface area contributed by atoms with Crippen LogP contribution in [0.1, 0.15) is 22.5 Å². The average Bonchev–Trinajstić information content (AvgIpc) is 3.48. The van der Waals surface area contributed by atoms with Gasteiger partial charge in [0.25, 0.3) is 5.91 Å². The third-order valence-electron chi connectivity index (χ3n) is 4.74. The van der Waals surface area contributed by atoms with Gasteiger partial charge in [0, 0.05) is 21.7 Å². The summed E-state index contributed by atoms with van der Waals surface area (Å²) in [4.78, 5) is 13.4. The van der Waals surface area contributed by atoms with Gasteiger partial charge in [-0.25, -0.2) is 12.8 Å². The summed E-state index contributed by atoms with van der Waals surface area (Å²) in [6, 6.07) is 13.0. The molecule has 8 heteroatoms. The SMILES string of the molecule is CS(=O)(=O)/C=C/[C@@H](NC(=O)c1sc2cc(F)ccc2c1Oc1ccccc1)C1CC1. The van der Waals surface area contributed by atoms with Crippen LogP contribution in [0.2, 0.25) is 0 Å². The molecule has 0 spiro atoms. The zero-order valence-electron chi connectivity index (χ0n) is 16.2. The van der Waals surface area contributed by atoms with Crippen LogP contribution in [0.25, 0.3) is 10.1 Å². The van der Waals surface area contributed by atoms with E-state index in [9.17, 15) is 17.6 Å². The number of carbonyl (C=O) groups is 1. The molecule has 1 aromatic heterocycles. The maximum absolute atomic E-state index is 13.7. The van der Waals surface area contributed by atoms with E-state index in [2.05, 4.69) is 5.32 Å². The summed E-state index contributed by atoms with van der Waals surface area (Å²) in [6.45, 7) is 0. The number of fused-ring (bicyclic) bond motifs is 1. The molecule has 3 aromatic rings. The van der Waals surface area contributed by atoms with Gasteiger partial charge in [-0.15, -0.1) is 11.3 Å². The minimum Gasteiger partial charge on any atom is -0.455 e. The van der Waals surface area contributed by atoms with E-state index in [1.54, 1.807) is 18.2 Å².